The van der Waals surface area contributed by atoms with Crippen LogP contribution in [-0.2, 0) is 19.7 Å². The Morgan fingerprint density at radius 3 is 2.17 bits per heavy atom. The van der Waals surface area contributed by atoms with E-state index in [9.17, 15) is 5.11 Å². The third-order valence-electron chi connectivity index (χ3n) is 6.36. The molecule has 0 saturated heterocycles. The van der Waals surface area contributed by atoms with Crippen LogP contribution in [0.1, 0.15) is 17.0 Å². The lowest BCUT2D eigenvalue weighted by atomic mass is 9.98. The number of aromatic nitrogens is 6. The van der Waals surface area contributed by atoms with Gasteiger partial charge in [0.2, 0.25) is 0 Å². The largest absolute Gasteiger partial charge is 0.388 e. The second kappa shape index (κ2) is 9.56. The van der Waals surface area contributed by atoms with Crippen molar-refractivity contribution in [2.75, 3.05) is 0 Å². The maximum absolute atomic E-state index is 9.83. The zero-order chi connectivity index (χ0) is 24.3. The number of hydrogen-bond acceptors (Lipinski definition) is 5. The average molecular weight is 473 g/mol. The third kappa shape index (κ3) is 4.16. The Labute approximate surface area is 208 Å². The van der Waals surface area contributed by atoms with E-state index in [1.54, 1.807) is 0 Å². The van der Waals surface area contributed by atoms with Crippen molar-refractivity contribution < 1.29 is 5.11 Å². The van der Waals surface area contributed by atoms with E-state index < -0.39 is 0 Å². The number of hydrogen-bond donors (Lipinski definition) is 1. The number of imidazole rings is 1. The summed E-state index contributed by atoms with van der Waals surface area (Å²) in [4.78, 5) is 4.56. The van der Waals surface area contributed by atoms with Crippen molar-refractivity contribution in [3.8, 4) is 22.5 Å². The number of fused-ring (bicyclic) bond motifs is 1. The minimum atomic E-state index is -0.0994. The van der Waals surface area contributed by atoms with Crippen molar-refractivity contribution in [1.29, 1.82) is 0 Å². The number of aliphatic hydroxyl groups excluding tert-OH is 1. The zero-order valence-electron chi connectivity index (χ0n) is 19.6. The molecule has 0 spiro atoms. The number of aliphatic hydroxyl groups is 1. The van der Waals surface area contributed by atoms with Gasteiger partial charge in [-0.3, -0.25) is 0 Å². The van der Waals surface area contributed by atoms with Crippen LogP contribution in [0.4, 0.5) is 0 Å². The van der Waals surface area contributed by atoms with Gasteiger partial charge in [0, 0.05) is 12.1 Å². The SMILES string of the molecule is OCc1nc2ccccc2n1Cc1ccc(-c2ccccc2-c2nnnn2Cc2ccccc2)cc1. The molecule has 6 aromatic rings. The number of rotatable bonds is 7. The van der Waals surface area contributed by atoms with Crippen LogP contribution in [0.5, 0.6) is 0 Å². The standard InChI is InChI=1S/C29H24N6O/c36-20-28-30-26-12-6-7-13-27(26)34(28)18-22-14-16-23(17-15-22)24-10-4-5-11-25(24)29-31-32-33-35(29)19-21-8-2-1-3-9-21/h1-17,36H,18-20H2. The van der Waals surface area contributed by atoms with E-state index in [1.165, 1.54) is 0 Å². The summed E-state index contributed by atoms with van der Waals surface area (Å²) in [5.41, 5.74) is 7.31. The minimum absolute atomic E-state index is 0.0994. The Morgan fingerprint density at radius 2 is 1.36 bits per heavy atom. The second-order valence-corrected chi connectivity index (χ2v) is 8.65. The summed E-state index contributed by atoms with van der Waals surface area (Å²) in [5.74, 6) is 1.40. The van der Waals surface area contributed by atoms with E-state index in [1.807, 2.05) is 59.3 Å². The average Bonchev–Trinajstić information content (AvgIpc) is 3.54. The van der Waals surface area contributed by atoms with Crippen LogP contribution in [0.3, 0.4) is 0 Å². The first-order valence-electron chi connectivity index (χ1n) is 11.8. The molecule has 2 aromatic heterocycles. The van der Waals surface area contributed by atoms with Gasteiger partial charge in [-0.15, -0.1) is 5.10 Å². The highest BCUT2D eigenvalue weighted by Crippen LogP contribution is 2.31. The summed E-state index contributed by atoms with van der Waals surface area (Å²) < 4.78 is 3.90. The first-order chi connectivity index (χ1) is 17.8. The third-order valence-corrected chi connectivity index (χ3v) is 6.36. The molecule has 0 radical (unpaired) electrons. The fraction of sp³-hybridized carbons (Fsp3) is 0.103. The van der Waals surface area contributed by atoms with Crippen molar-refractivity contribution in [3.05, 3.63) is 120 Å². The highest BCUT2D eigenvalue weighted by atomic mass is 16.3. The molecule has 0 unspecified atom stereocenters. The maximum atomic E-state index is 9.83. The maximum Gasteiger partial charge on any atom is 0.182 e. The number of benzene rings is 4. The summed E-state index contributed by atoms with van der Waals surface area (Å²) in [5, 5.41) is 22.4. The van der Waals surface area contributed by atoms with Gasteiger partial charge in [0.1, 0.15) is 12.4 Å². The molecule has 0 aliphatic heterocycles. The highest BCUT2D eigenvalue weighted by molar-refractivity contribution is 5.80. The summed E-state index contributed by atoms with van der Waals surface area (Å²) >= 11 is 0. The number of nitrogens with zero attached hydrogens (tertiary/aromatic N) is 6. The predicted molar refractivity (Wildman–Crippen MR) is 139 cm³/mol. The quantitative estimate of drug-likeness (QED) is 0.356. The fourth-order valence-corrected chi connectivity index (χ4v) is 4.59. The Morgan fingerprint density at radius 1 is 0.667 bits per heavy atom. The molecule has 4 aromatic carbocycles. The van der Waals surface area contributed by atoms with E-state index in [4.69, 9.17) is 0 Å². The number of para-hydroxylation sites is 2. The molecule has 36 heavy (non-hydrogen) atoms. The Bertz CT molecular complexity index is 1620. The van der Waals surface area contributed by atoms with E-state index >= 15 is 0 Å². The molecule has 1 N–H and O–H groups in total. The van der Waals surface area contributed by atoms with Crippen molar-refractivity contribution in [2.45, 2.75) is 19.7 Å². The summed E-state index contributed by atoms with van der Waals surface area (Å²) in [7, 11) is 0. The lowest BCUT2D eigenvalue weighted by Crippen LogP contribution is -2.05. The lowest BCUT2D eigenvalue weighted by Gasteiger charge is -2.12. The smallest absolute Gasteiger partial charge is 0.182 e. The summed E-state index contributed by atoms with van der Waals surface area (Å²) in [6, 6.07) is 34.8. The van der Waals surface area contributed by atoms with Crippen molar-refractivity contribution in [1.82, 2.24) is 29.8 Å². The van der Waals surface area contributed by atoms with Gasteiger partial charge in [0.05, 0.1) is 17.6 Å². The normalized spacial score (nSPS) is 11.2. The Kier molecular flexibility index (Phi) is 5.81. The van der Waals surface area contributed by atoms with Crippen LogP contribution >= 0.6 is 0 Å². The molecule has 0 aliphatic rings. The Balaban J connectivity index is 1.31. The molecule has 7 heteroatoms. The minimum Gasteiger partial charge on any atom is -0.388 e. The molecule has 0 aliphatic carbocycles. The van der Waals surface area contributed by atoms with Gasteiger partial charge < -0.3 is 9.67 Å². The molecule has 0 fully saturated rings. The van der Waals surface area contributed by atoms with E-state index in [2.05, 4.69) is 73.6 Å². The molecule has 2 heterocycles. The zero-order valence-corrected chi connectivity index (χ0v) is 19.6. The molecule has 0 atom stereocenters. The fourth-order valence-electron chi connectivity index (χ4n) is 4.59. The highest BCUT2D eigenvalue weighted by Gasteiger charge is 2.15. The molecular formula is C29H24N6O. The van der Waals surface area contributed by atoms with E-state index in [0.717, 1.165) is 44.7 Å². The first kappa shape index (κ1) is 21.9. The number of tetrazole rings is 1. The van der Waals surface area contributed by atoms with Crippen LogP contribution in [0, 0.1) is 0 Å². The van der Waals surface area contributed by atoms with Gasteiger partial charge in [-0.2, -0.15) is 0 Å². The van der Waals surface area contributed by atoms with E-state index in [0.29, 0.717) is 18.9 Å². The second-order valence-electron chi connectivity index (χ2n) is 8.65. The molecule has 0 saturated carbocycles. The topological polar surface area (TPSA) is 81.7 Å². The van der Waals surface area contributed by atoms with Gasteiger partial charge in [0.15, 0.2) is 5.82 Å². The molecule has 6 rings (SSSR count). The van der Waals surface area contributed by atoms with Crippen molar-refractivity contribution >= 4 is 11.0 Å². The van der Waals surface area contributed by atoms with E-state index in [-0.39, 0.29) is 6.61 Å². The van der Waals surface area contributed by atoms with Crippen LogP contribution in [0.2, 0.25) is 0 Å². The summed E-state index contributed by atoms with van der Waals surface area (Å²) in [6.07, 6.45) is 0. The molecule has 0 amide bonds. The van der Waals surface area contributed by atoms with Crippen LogP contribution in [0.25, 0.3) is 33.5 Å². The van der Waals surface area contributed by atoms with Gasteiger partial charge in [-0.25, -0.2) is 9.67 Å². The Hall–Kier alpha value is -4.62. The molecule has 0 bridgehead atoms. The van der Waals surface area contributed by atoms with Crippen LogP contribution in [0.15, 0.2) is 103 Å². The van der Waals surface area contributed by atoms with Gasteiger partial charge >= 0.3 is 0 Å². The summed E-state index contributed by atoms with van der Waals surface area (Å²) in [6.45, 7) is 1.13. The monoisotopic (exact) mass is 472 g/mol. The predicted octanol–water partition coefficient (Wildman–Crippen LogP) is 4.95. The molecule has 176 valence electrons. The van der Waals surface area contributed by atoms with Gasteiger partial charge in [-0.1, -0.05) is 91.0 Å². The lowest BCUT2D eigenvalue weighted by molar-refractivity contribution is 0.267. The molecule has 7 nitrogen and oxygen atoms in total. The van der Waals surface area contributed by atoms with Crippen molar-refractivity contribution in [3.63, 3.8) is 0 Å². The first-order valence-corrected chi connectivity index (χ1v) is 11.8. The van der Waals surface area contributed by atoms with Crippen LogP contribution < -0.4 is 0 Å². The van der Waals surface area contributed by atoms with Gasteiger partial charge in [0.25, 0.3) is 0 Å². The van der Waals surface area contributed by atoms with Crippen molar-refractivity contribution in [2.24, 2.45) is 0 Å². The van der Waals surface area contributed by atoms with Crippen LogP contribution in [-0.4, -0.2) is 34.9 Å². The van der Waals surface area contributed by atoms with Gasteiger partial charge in [-0.05, 0) is 44.8 Å². The molecular weight excluding hydrogens is 448 g/mol.